The molecule has 0 fully saturated rings. The molecule has 0 aliphatic heterocycles. The van der Waals surface area contributed by atoms with Gasteiger partial charge in [-0.1, -0.05) is 33.1 Å². The van der Waals surface area contributed by atoms with Crippen LogP contribution in [0.5, 0.6) is 0 Å². The van der Waals surface area contributed by atoms with Crippen LogP contribution in [-0.4, -0.2) is 18.5 Å². The minimum Gasteiger partial charge on any atom is -0.465 e. The first-order chi connectivity index (χ1) is 6.74. The van der Waals surface area contributed by atoms with Gasteiger partial charge in [-0.15, -0.1) is 11.6 Å². The van der Waals surface area contributed by atoms with Crippen molar-refractivity contribution in [1.29, 1.82) is 0 Å². The van der Waals surface area contributed by atoms with E-state index in [9.17, 15) is 4.79 Å². The van der Waals surface area contributed by atoms with Crippen LogP contribution in [0.1, 0.15) is 46.0 Å². The Balaban J connectivity index is 3.55. The second-order valence-corrected chi connectivity index (χ2v) is 3.92. The van der Waals surface area contributed by atoms with E-state index < -0.39 is 0 Å². The maximum absolute atomic E-state index is 11.0. The maximum atomic E-state index is 11.0. The summed E-state index contributed by atoms with van der Waals surface area (Å²) in [6, 6.07) is 0. The van der Waals surface area contributed by atoms with Crippen LogP contribution in [0.25, 0.3) is 0 Å². The van der Waals surface area contributed by atoms with E-state index in [1.807, 2.05) is 0 Å². The summed E-state index contributed by atoms with van der Waals surface area (Å²) in [6.07, 6.45) is 4.97. The lowest BCUT2D eigenvalue weighted by atomic mass is 10.0. The van der Waals surface area contributed by atoms with Crippen LogP contribution in [0, 0.1) is 5.92 Å². The molecule has 0 saturated carbocycles. The molecule has 0 radical (unpaired) electrons. The van der Waals surface area contributed by atoms with Crippen molar-refractivity contribution >= 4 is 17.6 Å². The fourth-order valence-corrected chi connectivity index (χ4v) is 1.41. The average Bonchev–Trinajstić information content (AvgIpc) is 2.19. The zero-order valence-electron chi connectivity index (χ0n) is 9.22. The molecule has 0 aromatic carbocycles. The molecular weight excluding hydrogens is 200 g/mol. The maximum Gasteiger partial charge on any atom is 0.307 e. The Hall–Kier alpha value is -0.240. The van der Waals surface area contributed by atoms with Crippen molar-refractivity contribution in [3.8, 4) is 0 Å². The number of ether oxygens (including phenoxy) is 1. The first-order valence-electron chi connectivity index (χ1n) is 5.46. The summed E-state index contributed by atoms with van der Waals surface area (Å²) in [6.45, 7) is 4.87. The van der Waals surface area contributed by atoms with E-state index in [1.165, 1.54) is 12.8 Å². The molecule has 0 saturated heterocycles. The minimum atomic E-state index is -0.171. The number of rotatable bonds is 8. The van der Waals surface area contributed by atoms with Crippen LogP contribution >= 0.6 is 11.6 Å². The van der Waals surface area contributed by atoms with Crippen molar-refractivity contribution < 1.29 is 9.53 Å². The van der Waals surface area contributed by atoms with Gasteiger partial charge in [-0.3, -0.25) is 4.79 Å². The standard InChI is InChI=1S/C11H21ClO2/c1-3-5-6-10(4-2)9-14-11(13)7-8-12/h10H,3-9H2,1-2H3. The first kappa shape index (κ1) is 13.8. The Morgan fingerprint density at radius 1 is 1.43 bits per heavy atom. The van der Waals surface area contributed by atoms with Gasteiger partial charge < -0.3 is 4.74 Å². The summed E-state index contributed by atoms with van der Waals surface area (Å²) in [5.74, 6) is 0.703. The van der Waals surface area contributed by atoms with E-state index >= 15 is 0 Å². The molecule has 2 nitrogen and oxygen atoms in total. The van der Waals surface area contributed by atoms with Gasteiger partial charge in [0.25, 0.3) is 0 Å². The molecule has 0 N–H and O–H groups in total. The van der Waals surface area contributed by atoms with Crippen molar-refractivity contribution in [2.24, 2.45) is 5.92 Å². The molecule has 0 aliphatic rings. The van der Waals surface area contributed by atoms with Crippen LogP contribution in [0.3, 0.4) is 0 Å². The number of halogens is 1. The van der Waals surface area contributed by atoms with Crippen molar-refractivity contribution in [3.05, 3.63) is 0 Å². The van der Waals surface area contributed by atoms with Crippen LogP contribution in [0.4, 0.5) is 0 Å². The smallest absolute Gasteiger partial charge is 0.307 e. The molecule has 0 amide bonds. The summed E-state index contributed by atoms with van der Waals surface area (Å²) in [5.41, 5.74) is 0. The highest BCUT2D eigenvalue weighted by molar-refractivity contribution is 6.18. The van der Waals surface area contributed by atoms with Gasteiger partial charge in [-0.25, -0.2) is 0 Å². The summed E-state index contributed by atoms with van der Waals surface area (Å²) in [4.78, 5) is 11.0. The van der Waals surface area contributed by atoms with Crippen molar-refractivity contribution in [3.63, 3.8) is 0 Å². The minimum absolute atomic E-state index is 0.171. The number of unbranched alkanes of at least 4 members (excludes halogenated alkanes) is 1. The summed E-state index contributed by atoms with van der Waals surface area (Å²) >= 11 is 5.43. The van der Waals surface area contributed by atoms with Crippen LogP contribution < -0.4 is 0 Å². The Morgan fingerprint density at radius 2 is 2.14 bits per heavy atom. The molecule has 14 heavy (non-hydrogen) atoms. The zero-order chi connectivity index (χ0) is 10.8. The number of carbonyl (C=O) groups is 1. The Labute approximate surface area is 92.0 Å². The molecule has 0 aromatic rings. The Bertz CT molecular complexity index is 148. The van der Waals surface area contributed by atoms with E-state index in [1.54, 1.807) is 0 Å². The van der Waals surface area contributed by atoms with E-state index in [2.05, 4.69) is 13.8 Å². The second kappa shape index (κ2) is 9.32. The van der Waals surface area contributed by atoms with Gasteiger partial charge in [-0.2, -0.15) is 0 Å². The number of hydrogen-bond donors (Lipinski definition) is 0. The number of esters is 1. The number of hydrogen-bond acceptors (Lipinski definition) is 2. The summed E-state index contributed by atoms with van der Waals surface area (Å²) < 4.78 is 5.11. The van der Waals surface area contributed by atoms with E-state index in [4.69, 9.17) is 16.3 Å². The van der Waals surface area contributed by atoms with Gasteiger partial charge in [0.1, 0.15) is 0 Å². The van der Waals surface area contributed by atoms with Gasteiger partial charge >= 0.3 is 5.97 Å². The SMILES string of the molecule is CCCCC(CC)COC(=O)CCCl. The molecule has 1 unspecified atom stereocenters. The van der Waals surface area contributed by atoms with Gasteiger partial charge in [0, 0.05) is 5.88 Å². The van der Waals surface area contributed by atoms with Crippen molar-refractivity contribution in [2.45, 2.75) is 46.0 Å². The van der Waals surface area contributed by atoms with Crippen LogP contribution in [0.2, 0.25) is 0 Å². The third-order valence-electron chi connectivity index (χ3n) is 2.32. The third kappa shape index (κ3) is 7.19. The normalized spacial score (nSPS) is 12.5. The highest BCUT2D eigenvalue weighted by Gasteiger charge is 2.09. The fourth-order valence-electron chi connectivity index (χ4n) is 1.26. The number of alkyl halides is 1. The summed E-state index contributed by atoms with van der Waals surface area (Å²) in [5, 5.41) is 0. The van der Waals surface area contributed by atoms with Crippen LogP contribution in [0.15, 0.2) is 0 Å². The van der Waals surface area contributed by atoms with E-state index in [0.29, 0.717) is 24.8 Å². The lowest BCUT2D eigenvalue weighted by Gasteiger charge is -2.14. The zero-order valence-corrected chi connectivity index (χ0v) is 9.98. The molecule has 0 aliphatic carbocycles. The molecule has 0 heterocycles. The average molecular weight is 221 g/mol. The molecule has 0 aromatic heterocycles. The molecule has 3 heteroatoms. The Morgan fingerprint density at radius 3 is 2.64 bits per heavy atom. The monoisotopic (exact) mass is 220 g/mol. The third-order valence-corrected chi connectivity index (χ3v) is 2.51. The van der Waals surface area contributed by atoms with Crippen molar-refractivity contribution in [1.82, 2.24) is 0 Å². The molecule has 0 spiro atoms. The molecule has 0 rings (SSSR count). The quantitative estimate of drug-likeness (QED) is 0.463. The summed E-state index contributed by atoms with van der Waals surface area (Å²) in [7, 11) is 0. The largest absolute Gasteiger partial charge is 0.465 e. The Kier molecular flexibility index (Phi) is 9.16. The predicted molar refractivity (Wildman–Crippen MR) is 59.6 cm³/mol. The predicted octanol–water partition coefficient (Wildman–Crippen LogP) is 3.37. The second-order valence-electron chi connectivity index (χ2n) is 3.54. The van der Waals surface area contributed by atoms with Gasteiger partial charge in [0.2, 0.25) is 0 Å². The lowest BCUT2D eigenvalue weighted by molar-refractivity contribution is -0.144. The molecule has 0 bridgehead atoms. The van der Waals surface area contributed by atoms with Gasteiger partial charge in [0.05, 0.1) is 13.0 Å². The first-order valence-corrected chi connectivity index (χ1v) is 5.99. The topological polar surface area (TPSA) is 26.3 Å². The highest BCUT2D eigenvalue weighted by atomic mass is 35.5. The van der Waals surface area contributed by atoms with E-state index in [0.717, 1.165) is 12.8 Å². The number of carbonyl (C=O) groups excluding carboxylic acids is 1. The molecule has 1 atom stereocenters. The molecular formula is C11H21ClO2. The highest BCUT2D eigenvalue weighted by Crippen LogP contribution is 2.13. The van der Waals surface area contributed by atoms with Crippen molar-refractivity contribution in [2.75, 3.05) is 12.5 Å². The van der Waals surface area contributed by atoms with Gasteiger partial charge in [0.15, 0.2) is 0 Å². The fraction of sp³-hybridized carbons (Fsp3) is 0.909. The molecule has 84 valence electrons. The van der Waals surface area contributed by atoms with Gasteiger partial charge in [-0.05, 0) is 12.3 Å². The van der Waals surface area contributed by atoms with Crippen LogP contribution in [-0.2, 0) is 9.53 Å². The lowest BCUT2D eigenvalue weighted by Crippen LogP contribution is -2.13. The van der Waals surface area contributed by atoms with E-state index in [-0.39, 0.29) is 5.97 Å².